The van der Waals surface area contributed by atoms with E-state index >= 15 is 0 Å². The van der Waals surface area contributed by atoms with Crippen molar-refractivity contribution in [3.8, 4) is 0 Å². The number of carbonyl (C=O) groups is 1. The van der Waals surface area contributed by atoms with Crippen LogP contribution in [0.2, 0.25) is 0 Å². The lowest BCUT2D eigenvalue weighted by molar-refractivity contribution is -0.114. The second-order valence-electron chi connectivity index (χ2n) is 0.696. The van der Waals surface area contributed by atoms with Gasteiger partial charge in [0.1, 0.15) is 0 Å². The Bertz CT molecular complexity index is 92.9. The largest absolute Gasteiger partial charge is 0.288 e. The summed E-state index contributed by atoms with van der Waals surface area (Å²) in [5.74, 6) is 4.53. The highest BCUT2D eigenvalue weighted by atomic mass is 32.2. The van der Waals surface area contributed by atoms with Gasteiger partial charge in [0.05, 0.1) is 0 Å². The molecule has 0 radical (unpaired) electrons. The molecule has 0 spiro atoms. The van der Waals surface area contributed by atoms with E-state index in [0.29, 0.717) is 0 Å². The minimum absolute atomic E-state index is 0.0517. The third-order valence-electron chi connectivity index (χ3n) is 0.284. The van der Waals surface area contributed by atoms with E-state index in [9.17, 15) is 9.00 Å². The van der Waals surface area contributed by atoms with Crippen molar-refractivity contribution >= 4 is 17.7 Å². The molecule has 0 aromatic heterocycles. The number of hydrazine groups is 1. The van der Waals surface area contributed by atoms with Crippen LogP contribution in [0.3, 0.4) is 0 Å². The first kappa shape index (κ1) is 6.54. The fraction of sp³-hybridized carbons (Fsp3) is 0. The van der Waals surface area contributed by atoms with Gasteiger partial charge in [-0.2, -0.15) is 4.41 Å². The SMILES string of the molecule is NN(C=O)S(=O)O. The predicted molar refractivity (Wildman–Crippen MR) is 22.9 cm³/mol. The molecule has 0 saturated heterocycles. The molecule has 42 valence electrons. The van der Waals surface area contributed by atoms with Gasteiger partial charge in [0, 0.05) is 0 Å². The van der Waals surface area contributed by atoms with Crippen molar-refractivity contribution < 1.29 is 13.6 Å². The quantitative estimate of drug-likeness (QED) is 0.153. The molecule has 1 amide bonds. The minimum Gasteiger partial charge on any atom is -0.288 e. The molecule has 0 bridgehead atoms. The summed E-state index contributed by atoms with van der Waals surface area (Å²) in [6.07, 6.45) is 0.0517. The number of nitrogens with zero attached hydrogens (tertiary/aromatic N) is 1. The van der Waals surface area contributed by atoms with Gasteiger partial charge in [-0.1, -0.05) is 0 Å². The van der Waals surface area contributed by atoms with E-state index in [1.807, 2.05) is 0 Å². The Kier molecular flexibility index (Phi) is 2.49. The normalized spacial score (nSPS) is 12.9. The molecule has 1 atom stereocenters. The zero-order valence-electron chi connectivity index (χ0n) is 3.27. The van der Waals surface area contributed by atoms with E-state index in [0.717, 1.165) is 0 Å². The number of hydrogen-bond acceptors (Lipinski definition) is 3. The zero-order valence-corrected chi connectivity index (χ0v) is 4.09. The number of hydrogen-bond donors (Lipinski definition) is 2. The van der Waals surface area contributed by atoms with Gasteiger partial charge in [-0.3, -0.25) is 9.35 Å². The number of amides is 1. The maximum absolute atomic E-state index is 9.61. The maximum atomic E-state index is 9.61. The van der Waals surface area contributed by atoms with Gasteiger partial charge in [-0.25, -0.2) is 10.1 Å². The van der Waals surface area contributed by atoms with Crippen molar-refractivity contribution in [2.45, 2.75) is 0 Å². The lowest BCUT2D eigenvalue weighted by atomic mass is 11.4. The first-order chi connectivity index (χ1) is 3.18. The van der Waals surface area contributed by atoms with Gasteiger partial charge < -0.3 is 0 Å². The molecule has 0 fully saturated rings. The maximum Gasteiger partial charge on any atom is 0.279 e. The Hall–Kier alpha value is -0.460. The number of carbonyl (C=O) groups excluding carboxylic acids is 1. The fourth-order valence-corrected chi connectivity index (χ4v) is 0.110. The summed E-state index contributed by atoms with van der Waals surface area (Å²) in [5, 5.41) is 0. The van der Waals surface area contributed by atoms with Crippen molar-refractivity contribution in [3.63, 3.8) is 0 Å². The second kappa shape index (κ2) is 2.67. The highest BCUT2D eigenvalue weighted by Gasteiger charge is 1.96. The van der Waals surface area contributed by atoms with E-state index in [4.69, 9.17) is 4.55 Å². The molecule has 0 aromatic carbocycles. The summed E-state index contributed by atoms with van der Waals surface area (Å²) >= 11 is -2.37. The molecule has 3 N–H and O–H groups in total. The van der Waals surface area contributed by atoms with Crippen molar-refractivity contribution in [1.82, 2.24) is 4.41 Å². The molecule has 0 aliphatic rings. The van der Waals surface area contributed by atoms with Gasteiger partial charge in [-0.15, -0.1) is 0 Å². The van der Waals surface area contributed by atoms with Crippen LogP contribution in [0.4, 0.5) is 0 Å². The Balaban J connectivity index is 3.55. The Labute approximate surface area is 42.5 Å². The summed E-state index contributed by atoms with van der Waals surface area (Å²) in [4.78, 5) is 9.39. The molecular formula is CH4N2O3S. The smallest absolute Gasteiger partial charge is 0.279 e. The predicted octanol–water partition coefficient (Wildman–Crippen LogP) is -1.54. The van der Waals surface area contributed by atoms with Crippen molar-refractivity contribution in [1.29, 1.82) is 0 Å². The molecule has 5 nitrogen and oxygen atoms in total. The van der Waals surface area contributed by atoms with Crippen LogP contribution >= 0.6 is 0 Å². The van der Waals surface area contributed by atoms with Crippen LogP contribution in [0.5, 0.6) is 0 Å². The average molecular weight is 124 g/mol. The number of rotatable bonds is 2. The number of nitrogens with two attached hydrogens (primary N) is 1. The summed E-state index contributed by atoms with van der Waals surface area (Å²) in [7, 11) is 0. The standard InChI is InChI=1S/CH4N2O3S/c2-3(1-4)7(5)6/h1H,2H2,(H,5,6). The van der Waals surface area contributed by atoms with Crippen LogP contribution in [-0.4, -0.2) is 19.6 Å². The molecule has 6 heteroatoms. The molecule has 7 heavy (non-hydrogen) atoms. The van der Waals surface area contributed by atoms with E-state index in [-0.39, 0.29) is 10.8 Å². The van der Waals surface area contributed by atoms with Crippen LogP contribution < -0.4 is 5.84 Å². The Morgan fingerprint density at radius 3 is 2.29 bits per heavy atom. The molecule has 0 aromatic rings. The highest BCUT2D eigenvalue weighted by molar-refractivity contribution is 7.77. The Morgan fingerprint density at radius 2 is 2.29 bits per heavy atom. The van der Waals surface area contributed by atoms with Crippen LogP contribution in [0.1, 0.15) is 0 Å². The van der Waals surface area contributed by atoms with E-state index in [1.165, 1.54) is 0 Å². The molecule has 0 heterocycles. The third kappa shape index (κ3) is 2.26. The van der Waals surface area contributed by atoms with Crippen LogP contribution in [-0.2, 0) is 16.1 Å². The molecule has 0 aliphatic heterocycles. The summed E-state index contributed by atoms with van der Waals surface area (Å²) in [5.41, 5.74) is 0. The molecule has 0 rings (SSSR count). The average Bonchev–Trinajstić information content (AvgIpc) is 1.65. The third-order valence-corrected chi connectivity index (χ3v) is 0.731. The van der Waals surface area contributed by atoms with Crippen molar-refractivity contribution in [2.24, 2.45) is 5.84 Å². The molecular weight excluding hydrogens is 120 g/mol. The molecule has 0 saturated carbocycles. The second-order valence-corrected chi connectivity index (χ2v) is 1.58. The van der Waals surface area contributed by atoms with E-state index in [1.54, 1.807) is 0 Å². The summed E-state index contributed by atoms with van der Waals surface area (Å²) < 4.78 is 17.6. The van der Waals surface area contributed by atoms with Gasteiger partial charge in [-0.05, 0) is 0 Å². The summed E-state index contributed by atoms with van der Waals surface area (Å²) in [6, 6.07) is 0. The highest BCUT2D eigenvalue weighted by Crippen LogP contribution is 1.70. The minimum atomic E-state index is -2.37. The first-order valence-corrected chi connectivity index (χ1v) is 2.35. The van der Waals surface area contributed by atoms with Gasteiger partial charge in [0.2, 0.25) is 6.41 Å². The topological polar surface area (TPSA) is 83.6 Å². The van der Waals surface area contributed by atoms with E-state index < -0.39 is 11.3 Å². The van der Waals surface area contributed by atoms with Gasteiger partial charge >= 0.3 is 0 Å². The van der Waals surface area contributed by atoms with Gasteiger partial charge in [0.25, 0.3) is 11.3 Å². The molecule has 1 unspecified atom stereocenters. The fourth-order valence-electron chi connectivity index (χ4n) is 0.0368. The van der Waals surface area contributed by atoms with Crippen molar-refractivity contribution in [3.05, 3.63) is 0 Å². The lowest BCUT2D eigenvalue weighted by Gasteiger charge is -1.98. The molecule has 0 aliphatic carbocycles. The Morgan fingerprint density at radius 1 is 1.86 bits per heavy atom. The monoisotopic (exact) mass is 124 g/mol. The van der Waals surface area contributed by atoms with Crippen LogP contribution in [0.15, 0.2) is 0 Å². The first-order valence-electron chi connectivity index (χ1n) is 1.28. The van der Waals surface area contributed by atoms with Gasteiger partial charge in [0.15, 0.2) is 0 Å². The zero-order chi connectivity index (χ0) is 5.86. The van der Waals surface area contributed by atoms with Crippen molar-refractivity contribution in [2.75, 3.05) is 0 Å². The van der Waals surface area contributed by atoms with Crippen LogP contribution in [0.25, 0.3) is 0 Å². The lowest BCUT2D eigenvalue weighted by Crippen LogP contribution is -2.30. The van der Waals surface area contributed by atoms with Crippen LogP contribution in [0, 0.1) is 0 Å². The summed E-state index contributed by atoms with van der Waals surface area (Å²) in [6.45, 7) is 0. The van der Waals surface area contributed by atoms with E-state index in [2.05, 4.69) is 5.84 Å².